The molecule has 0 fully saturated rings. The van der Waals surface area contributed by atoms with Gasteiger partial charge in [-0.25, -0.2) is 13.2 Å². The predicted octanol–water partition coefficient (Wildman–Crippen LogP) is 1.27. The summed E-state index contributed by atoms with van der Waals surface area (Å²) in [5, 5.41) is 20.2. The molecule has 2 aromatic carbocycles. The van der Waals surface area contributed by atoms with Crippen LogP contribution in [0.4, 0.5) is 5.69 Å². The highest BCUT2D eigenvalue weighted by molar-refractivity contribution is 7.92. The molecule has 22 heavy (non-hydrogen) atoms. The van der Waals surface area contributed by atoms with E-state index in [9.17, 15) is 18.3 Å². The Bertz CT molecular complexity index is 799. The number of benzene rings is 2. The van der Waals surface area contributed by atoms with Crippen molar-refractivity contribution < 1.29 is 28.2 Å². The van der Waals surface area contributed by atoms with Gasteiger partial charge in [0.1, 0.15) is 5.75 Å². The molecule has 116 valence electrons. The first-order valence-electron chi connectivity index (χ1n) is 6.05. The summed E-state index contributed by atoms with van der Waals surface area (Å²) in [5.41, 5.74) is -0.511. The number of carboxylic acid groups (broad SMARTS) is 1. The van der Waals surface area contributed by atoms with Gasteiger partial charge in [0.05, 0.1) is 17.6 Å². The molecule has 0 amide bonds. The molecule has 0 aliphatic carbocycles. The summed E-state index contributed by atoms with van der Waals surface area (Å²) < 4.78 is 31.5. The zero-order chi connectivity index (χ0) is 16.3. The van der Waals surface area contributed by atoms with Gasteiger partial charge in [-0.1, -0.05) is 11.8 Å². The lowest BCUT2D eigenvalue weighted by Crippen LogP contribution is -2.14. The maximum atomic E-state index is 12.2. The molecule has 0 aliphatic heterocycles. The second-order valence-electron chi connectivity index (χ2n) is 4.30. The van der Waals surface area contributed by atoms with Gasteiger partial charge in [-0.3, -0.25) is 4.72 Å². The Hall–Kier alpha value is -2.74. The number of hydrogen-bond donors (Lipinski definition) is 2. The van der Waals surface area contributed by atoms with E-state index in [0.717, 1.165) is 12.1 Å². The standard InChI is InChI=1S/C14H13NO6S/c1-21-10-3-5-11(6-4-10)22(19,20)15-9-2-7-13(16)12(8-9)14(17)18/h2-8,15-16H,1H3,(H,17,18)/p-1. The molecule has 8 heteroatoms. The van der Waals surface area contributed by atoms with Crippen molar-refractivity contribution in [1.82, 2.24) is 0 Å². The lowest BCUT2D eigenvalue weighted by atomic mass is 10.2. The van der Waals surface area contributed by atoms with Gasteiger partial charge in [0, 0.05) is 5.69 Å². The van der Waals surface area contributed by atoms with E-state index >= 15 is 0 Å². The Kier molecular flexibility index (Phi) is 4.22. The van der Waals surface area contributed by atoms with Crippen LogP contribution >= 0.6 is 0 Å². The number of rotatable bonds is 5. The fourth-order valence-electron chi connectivity index (χ4n) is 1.73. The van der Waals surface area contributed by atoms with Gasteiger partial charge >= 0.3 is 5.97 Å². The van der Waals surface area contributed by atoms with E-state index in [1.165, 1.54) is 37.4 Å². The summed E-state index contributed by atoms with van der Waals surface area (Å²) in [5.74, 6) is -1.61. The first-order chi connectivity index (χ1) is 10.3. The highest BCUT2D eigenvalue weighted by atomic mass is 32.2. The van der Waals surface area contributed by atoms with Crippen molar-refractivity contribution >= 4 is 21.7 Å². The number of carbonyl (C=O) groups is 1. The van der Waals surface area contributed by atoms with Crippen LogP contribution in [0, 0.1) is 0 Å². The Morgan fingerprint density at radius 2 is 1.82 bits per heavy atom. The highest BCUT2D eigenvalue weighted by Crippen LogP contribution is 2.23. The van der Waals surface area contributed by atoms with Crippen LogP contribution in [0.2, 0.25) is 0 Å². The molecule has 0 atom stereocenters. The number of ether oxygens (including phenoxy) is 1. The van der Waals surface area contributed by atoms with Crippen molar-refractivity contribution in [2.45, 2.75) is 4.90 Å². The molecule has 0 bridgehead atoms. The minimum absolute atomic E-state index is 0.00665. The van der Waals surface area contributed by atoms with Gasteiger partial charge in [-0.05, 0) is 36.4 Å². The van der Waals surface area contributed by atoms with Crippen LogP contribution in [0.25, 0.3) is 0 Å². The quantitative estimate of drug-likeness (QED) is 0.856. The molecule has 0 aliphatic rings. The monoisotopic (exact) mass is 322 g/mol. The molecule has 2 rings (SSSR count). The van der Waals surface area contributed by atoms with Crippen molar-refractivity contribution in [2.24, 2.45) is 0 Å². The number of anilines is 1. The molecule has 7 nitrogen and oxygen atoms in total. The molecule has 0 aromatic heterocycles. The number of carboxylic acids is 1. The van der Waals surface area contributed by atoms with Gasteiger partial charge in [-0.15, -0.1) is 0 Å². The minimum Gasteiger partial charge on any atom is -0.872 e. The van der Waals surface area contributed by atoms with Gasteiger partial charge < -0.3 is 14.9 Å². The third-order valence-electron chi connectivity index (χ3n) is 2.83. The Morgan fingerprint density at radius 1 is 1.18 bits per heavy atom. The van der Waals surface area contributed by atoms with Crippen molar-refractivity contribution in [1.29, 1.82) is 0 Å². The maximum Gasteiger partial charge on any atom is 0.335 e. The topological polar surface area (TPSA) is 116 Å². The van der Waals surface area contributed by atoms with E-state index < -0.39 is 27.3 Å². The van der Waals surface area contributed by atoms with Crippen LogP contribution in [-0.2, 0) is 10.0 Å². The minimum atomic E-state index is -3.89. The zero-order valence-corrected chi connectivity index (χ0v) is 12.3. The van der Waals surface area contributed by atoms with Crippen LogP contribution in [0.5, 0.6) is 11.5 Å². The van der Waals surface area contributed by atoms with Crippen LogP contribution in [0.3, 0.4) is 0 Å². The van der Waals surface area contributed by atoms with Gasteiger partial charge in [0.15, 0.2) is 0 Å². The van der Waals surface area contributed by atoms with Crippen LogP contribution in [0.1, 0.15) is 10.4 Å². The Balaban J connectivity index is 2.32. The van der Waals surface area contributed by atoms with E-state index in [4.69, 9.17) is 9.84 Å². The SMILES string of the molecule is COc1ccc(S(=O)(=O)Nc2ccc([O-])c(C(=O)O)c2)cc1. The molecule has 0 spiro atoms. The molecule has 2 aromatic rings. The summed E-state index contributed by atoms with van der Waals surface area (Å²) in [7, 11) is -2.44. The zero-order valence-electron chi connectivity index (χ0n) is 11.4. The first-order valence-corrected chi connectivity index (χ1v) is 7.53. The lowest BCUT2D eigenvalue weighted by molar-refractivity contribution is -0.268. The molecule has 0 radical (unpaired) electrons. The van der Waals surface area contributed by atoms with Gasteiger partial charge in [-0.2, -0.15) is 0 Å². The second-order valence-corrected chi connectivity index (χ2v) is 5.98. The number of methoxy groups -OCH3 is 1. The largest absolute Gasteiger partial charge is 0.872 e. The average molecular weight is 322 g/mol. The van der Waals surface area contributed by atoms with Gasteiger partial charge in [0.25, 0.3) is 10.0 Å². The number of sulfonamides is 1. The van der Waals surface area contributed by atoms with Crippen molar-refractivity contribution in [3.63, 3.8) is 0 Å². The lowest BCUT2D eigenvalue weighted by Gasteiger charge is -2.13. The normalized spacial score (nSPS) is 11.0. The summed E-state index contributed by atoms with van der Waals surface area (Å²) in [6.45, 7) is 0. The third-order valence-corrected chi connectivity index (χ3v) is 4.23. The van der Waals surface area contributed by atoms with Gasteiger partial charge in [0.2, 0.25) is 0 Å². The molecule has 0 unspecified atom stereocenters. The smallest absolute Gasteiger partial charge is 0.335 e. The Morgan fingerprint density at radius 3 is 2.36 bits per heavy atom. The number of hydrogen-bond acceptors (Lipinski definition) is 5. The molecule has 0 saturated heterocycles. The highest BCUT2D eigenvalue weighted by Gasteiger charge is 2.15. The third kappa shape index (κ3) is 3.29. The average Bonchev–Trinajstić information content (AvgIpc) is 2.48. The fourth-order valence-corrected chi connectivity index (χ4v) is 2.78. The van der Waals surface area contributed by atoms with Crippen LogP contribution in [0.15, 0.2) is 47.4 Å². The van der Waals surface area contributed by atoms with E-state index in [2.05, 4.69) is 4.72 Å². The first kappa shape index (κ1) is 15.6. The van der Waals surface area contributed by atoms with Crippen molar-refractivity contribution in [3.8, 4) is 11.5 Å². The number of nitrogens with one attached hydrogen (secondary N) is 1. The summed E-state index contributed by atoms with van der Waals surface area (Å²) in [6, 6.07) is 8.84. The molecular formula is C14H12NO6S-. The van der Waals surface area contributed by atoms with E-state index in [1.54, 1.807) is 0 Å². The van der Waals surface area contributed by atoms with E-state index in [-0.39, 0.29) is 10.6 Å². The van der Waals surface area contributed by atoms with Crippen LogP contribution < -0.4 is 14.6 Å². The van der Waals surface area contributed by atoms with E-state index in [0.29, 0.717) is 5.75 Å². The molecular weight excluding hydrogens is 310 g/mol. The fraction of sp³-hybridized carbons (Fsp3) is 0.0714. The predicted molar refractivity (Wildman–Crippen MR) is 76.6 cm³/mol. The summed E-state index contributed by atoms with van der Waals surface area (Å²) in [6.07, 6.45) is 0. The Labute approximate surface area is 126 Å². The molecule has 0 heterocycles. The van der Waals surface area contributed by atoms with Crippen molar-refractivity contribution in [2.75, 3.05) is 11.8 Å². The molecule has 2 N–H and O–H groups in total. The van der Waals surface area contributed by atoms with E-state index in [1.807, 2.05) is 0 Å². The van der Waals surface area contributed by atoms with Crippen molar-refractivity contribution in [3.05, 3.63) is 48.0 Å². The second kappa shape index (κ2) is 5.94. The maximum absolute atomic E-state index is 12.2. The summed E-state index contributed by atoms with van der Waals surface area (Å²) >= 11 is 0. The summed E-state index contributed by atoms with van der Waals surface area (Å²) in [4.78, 5) is 10.9. The van der Waals surface area contributed by atoms with Crippen LogP contribution in [-0.4, -0.2) is 26.6 Å². The number of aromatic carboxylic acids is 1. The molecule has 0 saturated carbocycles.